The van der Waals surface area contributed by atoms with Crippen LogP contribution in [-0.4, -0.2) is 15.3 Å². The molecule has 2 aromatic rings. The molecule has 0 bridgehead atoms. The molecule has 16 heavy (non-hydrogen) atoms. The molecular weight excluding hydrogens is 210 g/mol. The van der Waals surface area contributed by atoms with Gasteiger partial charge < -0.3 is 5.73 Å². The van der Waals surface area contributed by atoms with Crippen molar-refractivity contribution in [1.29, 1.82) is 0 Å². The van der Waals surface area contributed by atoms with Crippen LogP contribution < -0.4 is 10.9 Å². The number of hydrogen-bond acceptors (Lipinski definition) is 1. The van der Waals surface area contributed by atoms with Gasteiger partial charge in [0.25, 0.3) is 0 Å². The molecule has 0 aliphatic heterocycles. The lowest BCUT2D eigenvalue weighted by atomic mass is 10.1. The van der Waals surface area contributed by atoms with Gasteiger partial charge in [0.05, 0.1) is 8.80 Å². The van der Waals surface area contributed by atoms with Gasteiger partial charge in [-0.15, -0.1) is 0 Å². The van der Waals surface area contributed by atoms with Gasteiger partial charge >= 0.3 is 0 Å². The molecule has 83 valence electrons. The Kier molecular flexibility index (Phi) is 3.41. The quantitative estimate of drug-likeness (QED) is 0.802. The second kappa shape index (κ2) is 4.81. The second-order valence-corrected chi connectivity index (χ2v) is 7.01. The van der Waals surface area contributed by atoms with Crippen LogP contribution in [0.1, 0.15) is 5.56 Å². The fourth-order valence-corrected chi connectivity index (χ4v) is 2.79. The van der Waals surface area contributed by atoms with Crippen LogP contribution in [-0.2, 0) is 6.42 Å². The van der Waals surface area contributed by atoms with Gasteiger partial charge in [0, 0.05) is 0 Å². The maximum atomic E-state index is 5.57. The Morgan fingerprint density at radius 1 is 1.00 bits per heavy atom. The summed E-state index contributed by atoms with van der Waals surface area (Å²) in [5, 5.41) is 4.19. The van der Waals surface area contributed by atoms with Gasteiger partial charge in [-0.1, -0.05) is 54.7 Å². The molecular formula is C14H18NSi. The lowest BCUT2D eigenvalue weighted by molar-refractivity contribution is 0.971. The van der Waals surface area contributed by atoms with Crippen LogP contribution in [0.2, 0.25) is 13.1 Å². The highest BCUT2D eigenvalue weighted by molar-refractivity contribution is 6.70. The van der Waals surface area contributed by atoms with Crippen molar-refractivity contribution in [3.8, 4) is 0 Å². The topological polar surface area (TPSA) is 26.0 Å². The second-order valence-electron chi connectivity index (χ2n) is 4.43. The van der Waals surface area contributed by atoms with Crippen molar-refractivity contribution in [2.24, 2.45) is 5.73 Å². The van der Waals surface area contributed by atoms with Crippen molar-refractivity contribution in [3.05, 3.63) is 42.0 Å². The number of fused-ring (bicyclic) bond motifs is 1. The minimum atomic E-state index is -0.343. The van der Waals surface area contributed by atoms with E-state index in [4.69, 9.17) is 5.73 Å². The van der Waals surface area contributed by atoms with Crippen LogP contribution in [0.25, 0.3) is 10.8 Å². The largest absolute Gasteiger partial charge is 0.330 e. The molecule has 0 saturated heterocycles. The first-order chi connectivity index (χ1) is 7.70. The summed E-state index contributed by atoms with van der Waals surface area (Å²) >= 11 is 0. The molecule has 2 aromatic carbocycles. The van der Waals surface area contributed by atoms with Crippen LogP contribution in [0.5, 0.6) is 0 Å². The zero-order valence-electron chi connectivity index (χ0n) is 9.96. The van der Waals surface area contributed by atoms with Crippen molar-refractivity contribution >= 4 is 24.8 Å². The van der Waals surface area contributed by atoms with Gasteiger partial charge in [-0.25, -0.2) is 0 Å². The summed E-state index contributed by atoms with van der Waals surface area (Å²) in [6, 6.07) is 13.5. The van der Waals surface area contributed by atoms with Gasteiger partial charge in [0.1, 0.15) is 0 Å². The Bertz CT molecular complexity index is 491. The minimum absolute atomic E-state index is 0.343. The number of nitrogens with two attached hydrogens (primary N) is 1. The van der Waals surface area contributed by atoms with E-state index in [1.165, 1.54) is 21.5 Å². The summed E-state index contributed by atoms with van der Waals surface area (Å²) in [5.74, 6) is 0. The summed E-state index contributed by atoms with van der Waals surface area (Å²) in [6.07, 6.45) is 0.967. The monoisotopic (exact) mass is 228 g/mol. The van der Waals surface area contributed by atoms with Crippen molar-refractivity contribution in [1.82, 2.24) is 0 Å². The van der Waals surface area contributed by atoms with Crippen LogP contribution in [0.15, 0.2) is 36.4 Å². The Morgan fingerprint density at radius 2 is 1.69 bits per heavy atom. The third-order valence-electron chi connectivity index (χ3n) is 2.92. The third kappa shape index (κ3) is 2.34. The van der Waals surface area contributed by atoms with E-state index < -0.39 is 0 Å². The first-order valence-corrected chi connectivity index (χ1v) is 8.24. The Balaban J connectivity index is 2.44. The fraction of sp³-hybridized carbons (Fsp3) is 0.286. The molecule has 0 unspecified atom stereocenters. The molecule has 0 heterocycles. The van der Waals surface area contributed by atoms with Crippen LogP contribution in [0, 0.1) is 0 Å². The molecule has 0 saturated carbocycles. The summed E-state index contributed by atoms with van der Waals surface area (Å²) < 4.78 is 0. The van der Waals surface area contributed by atoms with Crippen molar-refractivity contribution < 1.29 is 0 Å². The van der Waals surface area contributed by atoms with Crippen LogP contribution in [0.4, 0.5) is 0 Å². The maximum Gasteiger partial charge on any atom is 0.0791 e. The van der Waals surface area contributed by atoms with Crippen molar-refractivity contribution in [2.45, 2.75) is 19.5 Å². The standard InChI is InChI=1S/C14H18NSi/c1-16(2)14-6-5-12-9-11(7-8-15)3-4-13(12)10-14/h3-6,9-10H,7-8,15H2,1-2H3. The lowest BCUT2D eigenvalue weighted by Crippen LogP contribution is -2.21. The first-order valence-electron chi connectivity index (χ1n) is 5.74. The molecule has 2 heteroatoms. The van der Waals surface area contributed by atoms with Gasteiger partial charge in [-0.05, 0) is 29.3 Å². The van der Waals surface area contributed by atoms with Gasteiger partial charge in [-0.3, -0.25) is 0 Å². The highest BCUT2D eigenvalue weighted by atomic mass is 28.3. The Labute approximate surface area is 98.9 Å². The molecule has 0 aromatic heterocycles. The van der Waals surface area contributed by atoms with Crippen LogP contribution >= 0.6 is 0 Å². The molecule has 1 radical (unpaired) electrons. The summed E-state index contributed by atoms with van der Waals surface area (Å²) in [6.45, 7) is 5.38. The molecule has 0 aliphatic rings. The zero-order valence-corrected chi connectivity index (χ0v) is 11.0. The maximum absolute atomic E-state index is 5.57. The summed E-state index contributed by atoms with van der Waals surface area (Å²) in [5.41, 5.74) is 6.91. The predicted octanol–water partition coefficient (Wildman–Crippen LogP) is 2.30. The third-order valence-corrected chi connectivity index (χ3v) is 4.38. The highest BCUT2D eigenvalue weighted by Crippen LogP contribution is 2.15. The average Bonchev–Trinajstić information content (AvgIpc) is 2.28. The summed E-state index contributed by atoms with van der Waals surface area (Å²) in [7, 11) is -0.343. The molecule has 2 N–H and O–H groups in total. The van der Waals surface area contributed by atoms with Crippen molar-refractivity contribution in [3.63, 3.8) is 0 Å². The van der Waals surface area contributed by atoms with Crippen molar-refractivity contribution in [2.75, 3.05) is 6.54 Å². The van der Waals surface area contributed by atoms with E-state index in [1.807, 2.05) is 0 Å². The first kappa shape index (κ1) is 11.4. The van der Waals surface area contributed by atoms with E-state index in [1.54, 1.807) is 0 Å². The summed E-state index contributed by atoms with van der Waals surface area (Å²) in [4.78, 5) is 0. The molecule has 0 fully saturated rings. The molecule has 0 amide bonds. The molecule has 0 atom stereocenters. The fourth-order valence-electron chi connectivity index (χ4n) is 1.93. The Morgan fingerprint density at radius 3 is 2.38 bits per heavy atom. The van der Waals surface area contributed by atoms with E-state index in [9.17, 15) is 0 Å². The number of benzene rings is 2. The number of rotatable bonds is 3. The van der Waals surface area contributed by atoms with Gasteiger partial charge in [0.15, 0.2) is 0 Å². The van der Waals surface area contributed by atoms with Gasteiger partial charge in [-0.2, -0.15) is 0 Å². The molecule has 0 spiro atoms. The highest BCUT2D eigenvalue weighted by Gasteiger charge is 2.02. The molecule has 1 nitrogen and oxygen atoms in total. The minimum Gasteiger partial charge on any atom is -0.330 e. The Hall–Kier alpha value is -1.12. The van der Waals surface area contributed by atoms with E-state index in [-0.39, 0.29) is 8.80 Å². The molecule has 0 aliphatic carbocycles. The lowest BCUT2D eigenvalue weighted by Gasteiger charge is -2.07. The van der Waals surface area contributed by atoms with E-state index in [2.05, 4.69) is 49.5 Å². The normalized spacial score (nSPS) is 11.2. The van der Waals surface area contributed by atoms with E-state index >= 15 is 0 Å². The molecule has 2 rings (SSSR count). The van der Waals surface area contributed by atoms with E-state index in [0.717, 1.165) is 13.0 Å². The van der Waals surface area contributed by atoms with E-state index in [0.29, 0.717) is 0 Å². The zero-order chi connectivity index (χ0) is 11.5. The smallest absolute Gasteiger partial charge is 0.0791 e. The SMILES string of the molecule is C[Si](C)c1ccc2cc(CCN)ccc2c1. The average molecular weight is 228 g/mol. The number of hydrogen-bond donors (Lipinski definition) is 1. The van der Waals surface area contributed by atoms with Crippen LogP contribution in [0.3, 0.4) is 0 Å². The predicted molar refractivity (Wildman–Crippen MR) is 73.8 cm³/mol. The van der Waals surface area contributed by atoms with Gasteiger partial charge in [0.2, 0.25) is 0 Å².